The van der Waals surface area contributed by atoms with Crippen molar-refractivity contribution in [3.63, 3.8) is 0 Å². The number of cyclic esters (lactones) is 1. The summed E-state index contributed by atoms with van der Waals surface area (Å²) in [6.07, 6.45) is 1.75. The zero-order chi connectivity index (χ0) is 23.0. The number of aliphatic hydroxyl groups is 1. The Morgan fingerprint density at radius 1 is 1.13 bits per heavy atom. The first-order chi connectivity index (χ1) is 14.8. The van der Waals surface area contributed by atoms with E-state index in [1.165, 1.54) is 0 Å². The van der Waals surface area contributed by atoms with Gasteiger partial charge in [0.25, 0.3) is 0 Å². The van der Waals surface area contributed by atoms with Crippen molar-refractivity contribution in [2.75, 3.05) is 27.4 Å². The van der Waals surface area contributed by atoms with E-state index < -0.39 is 12.2 Å². The molecule has 1 saturated heterocycles. The Balaban J connectivity index is 2.03. The third-order valence-electron chi connectivity index (χ3n) is 6.25. The third-order valence-corrected chi connectivity index (χ3v) is 6.25. The Bertz CT molecular complexity index is 687. The lowest BCUT2D eigenvalue weighted by Gasteiger charge is -2.26. The number of rotatable bonds is 13. The van der Waals surface area contributed by atoms with Crippen LogP contribution in [0.3, 0.4) is 0 Å². The molecule has 0 saturated carbocycles. The molecule has 176 valence electrons. The van der Waals surface area contributed by atoms with Crippen LogP contribution in [-0.2, 0) is 20.7 Å². The summed E-state index contributed by atoms with van der Waals surface area (Å²) in [7, 11) is 3.31. The number of carbonyl (C=O) groups excluding carboxylic acids is 1. The average molecular weight is 437 g/mol. The van der Waals surface area contributed by atoms with Gasteiger partial charge in [0.1, 0.15) is 6.10 Å². The zero-order valence-corrected chi connectivity index (χ0v) is 19.9. The van der Waals surface area contributed by atoms with E-state index in [9.17, 15) is 9.90 Å². The molecule has 0 spiro atoms. The van der Waals surface area contributed by atoms with Crippen LogP contribution in [0.1, 0.15) is 52.5 Å². The Morgan fingerprint density at radius 2 is 1.87 bits per heavy atom. The van der Waals surface area contributed by atoms with Crippen molar-refractivity contribution in [1.29, 1.82) is 0 Å². The van der Waals surface area contributed by atoms with Crippen molar-refractivity contribution in [1.82, 2.24) is 0 Å². The standard InChI is InChI=1S/C25H40O6/c1-16(2)19(14-21(26)23-15-20(17(3)4)25(27)31-23)12-18-8-9-22(29-6)24(13-18)30-11-7-10-28-5/h8-9,13,16-17,19-21,23,26H,7,10-12,14-15H2,1-6H3/t19-,20-,21+,23-/m0/s1. The molecule has 0 radical (unpaired) electrons. The van der Waals surface area contributed by atoms with E-state index in [1.807, 2.05) is 32.0 Å². The summed E-state index contributed by atoms with van der Waals surface area (Å²) >= 11 is 0. The Kier molecular flexibility index (Phi) is 10.1. The fourth-order valence-electron chi connectivity index (χ4n) is 4.11. The second-order valence-electron chi connectivity index (χ2n) is 9.25. The summed E-state index contributed by atoms with van der Waals surface area (Å²) in [4.78, 5) is 12.1. The van der Waals surface area contributed by atoms with Crippen LogP contribution in [-0.4, -0.2) is 50.7 Å². The number of esters is 1. The van der Waals surface area contributed by atoms with E-state index in [0.29, 0.717) is 37.7 Å². The number of hydrogen-bond acceptors (Lipinski definition) is 6. The highest BCUT2D eigenvalue weighted by molar-refractivity contribution is 5.75. The van der Waals surface area contributed by atoms with Gasteiger partial charge in [-0.25, -0.2) is 0 Å². The Morgan fingerprint density at radius 3 is 2.45 bits per heavy atom. The molecule has 2 rings (SSSR count). The van der Waals surface area contributed by atoms with Gasteiger partial charge in [-0.1, -0.05) is 33.8 Å². The first kappa shape index (κ1) is 25.5. The van der Waals surface area contributed by atoms with E-state index in [0.717, 1.165) is 24.2 Å². The van der Waals surface area contributed by atoms with Gasteiger partial charge in [-0.15, -0.1) is 0 Å². The maximum Gasteiger partial charge on any atom is 0.309 e. The molecule has 0 aliphatic carbocycles. The number of benzene rings is 1. The monoisotopic (exact) mass is 436 g/mol. The van der Waals surface area contributed by atoms with Crippen molar-refractivity contribution in [2.24, 2.45) is 23.7 Å². The molecule has 0 bridgehead atoms. The molecule has 1 aliphatic rings. The van der Waals surface area contributed by atoms with Gasteiger partial charge in [0.15, 0.2) is 11.5 Å². The lowest BCUT2D eigenvalue weighted by molar-refractivity contribution is -0.149. The van der Waals surface area contributed by atoms with E-state index in [1.54, 1.807) is 14.2 Å². The molecule has 31 heavy (non-hydrogen) atoms. The number of ether oxygens (including phenoxy) is 4. The average Bonchev–Trinajstić information content (AvgIpc) is 3.13. The largest absolute Gasteiger partial charge is 0.493 e. The second-order valence-corrected chi connectivity index (χ2v) is 9.25. The number of hydrogen-bond donors (Lipinski definition) is 1. The van der Waals surface area contributed by atoms with Gasteiger partial charge >= 0.3 is 5.97 Å². The van der Waals surface area contributed by atoms with Gasteiger partial charge in [0.05, 0.1) is 25.7 Å². The van der Waals surface area contributed by atoms with Gasteiger partial charge in [0.2, 0.25) is 0 Å². The lowest BCUT2D eigenvalue weighted by atomic mass is 9.82. The highest BCUT2D eigenvalue weighted by Gasteiger charge is 2.40. The van der Waals surface area contributed by atoms with Crippen molar-refractivity contribution >= 4 is 5.97 Å². The minimum absolute atomic E-state index is 0.114. The van der Waals surface area contributed by atoms with Crippen LogP contribution in [0.25, 0.3) is 0 Å². The van der Waals surface area contributed by atoms with E-state index in [4.69, 9.17) is 18.9 Å². The van der Waals surface area contributed by atoms with E-state index in [2.05, 4.69) is 13.8 Å². The highest BCUT2D eigenvalue weighted by Crippen LogP contribution is 2.34. The summed E-state index contributed by atoms with van der Waals surface area (Å²) < 4.78 is 21.9. The van der Waals surface area contributed by atoms with Crippen LogP contribution < -0.4 is 9.47 Å². The first-order valence-electron chi connectivity index (χ1n) is 11.4. The van der Waals surface area contributed by atoms with Crippen LogP contribution >= 0.6 is 0 Å². The topological polar surface area (TPSA) is 74.2 Å². The minimum Gasteiger partial charge on any atom is -0.493 e. The van der Waals surface area contributed by atoms with Crippen LogP contribution in [0.15, 0.2) is 18.2 Å². The zero-order valence-electron chi connectivity index (χ0n) is 19.9. The molecular weight excluding hydrogens is 396 g/mol. The summed E-state index contributed by atoms with van der Waals surface area (Å²) in [6.45, 7) is 9.59. The van der Waals surface area contributed by atoms with Gasteiger partial charge in [-0.3, -0.25) is 4.79 Å². The van der Waals surface area contributed by atoms with Crippen molar-refractivity contribution in [3.05, 3.63) is 23.8 Å². The van der Waals surface area contributed by atoms with Crippen LogP contribution in [0.4, 0.5) is 0 Å². The highest BCUT2D eigenvalue weighted by atomic mass is 16.6. The quantitative estimate of drug-likeness (QED) is 0.368. The molecule has 0 unspecified atom stereocenters. The molecule has 1 N–H and O–H groups in total. The van der Waals surface area contributed by atoms with Gasteiger partial charge < -0.3 is 24.1 Å². The predicted molar refractivity (Wildman–Crippen MR) is 120 cm³/mol. The van der Waals surface area contributed by atoms with Crippen LogP contribution in [0.5, 0.6) is 11.5 Å². The second kappa shape index (κ2) is 12.3. The number of carbonyl (C=O) groups is 1. The lowest BCUT2D eigenvalue weighted by Crippen LogP contribution is -2.30. The SMILES string of the molecule is COCCCOc1cc(C[C@@H](C[C@@H](O)[C@@H]2C[C@@H](C(C)C)C(=O)O2)C(C)C)ccc1OC. The number of methoxy groups -OCH3 is 2. The van der Waals surface area contributed by atoms with Gasteiger partial charge in [-0.05, 0) is 48.3 Å². The van der Waals surface area contributed by atoms with Crippen LogP contribution in [0, 0.1) is 23.7 Å². The molecule has 4 atom stereocenters. The minimum atomic E-state index is -0.650. The predicted octanol–water partition coefficient (Wildman–Crippen LogP) is 4.26. The van der Waals surface area contributed by atoms with Gasteiger partial charge in [0, 0.05) is 26.6 Å². The smallest absolute Gasteiger partial charge is 0.309 e. The summed E-state index contributed by atoms with van der Waals surface area (Å²) in [5.74, 6) is 2.00. The van der Waals surface area contributed by atoms with Crippen molar-refractivity contribution in [2.45, 2.75) is 65.6 Å². The molecule has 1 fully saturated rings. The molecule has 1 aliphatic heterocycles. The maximum atomic E-state index is 12.1. The normalized spacial score (nSPS) is 20.7. The Hall–Kier alpha value is -1.79. The third kappa shape index (κ3) is 7.39. The van der Waals surface area contributed by atoms with Crippen molar-refractivity contribution in [3.8, 4) is 11.5 Å². The molecule has 1 aromatic rings. The maximum absolute atomic E-state index is 12.1. The van der Waals surface area contributed by atoms with Crippen LogP contribution in [0.2, 0.25) is 0 Å². The summed E-state index contributed by atoms with van der Waals surface area (Å²) in [6, 6.07) is 6.01. The van der Waals surface area contributed by atoms with E-state index >= 15 is 0 Å². The fraction of sp³-hybridized carbons (Fsp3) is 0.720. The van der Waals surface area contributed by atoms with Gasteiger partial charge in [-0.2, -0.15) is 0 Å². The Labute approximate surface area is 187 Å². The summed E-state index contributed by atoms with van der Waals surface area (Å²) in [5.41, 5.74) is 1.14. The molecular formula is C25H40O6. The fourth-order valence-corrected chi connectivity index (χ4v) is 4.11. The van der Waals surface area contributed by atoms with E-state index in [-0.39, 0.29) is 23.7 Å². The molecule has 0 aromatic heterocycles. The van der Waals surface area contributed by atoms with Crippen molar-refractivity contribution < 1.29 is 28.8 Å². The first-order valence-corrected chi connectivity index (χ1v) is 11.4. The molecule has 6 heteroatoms. The summed E-state index contributed by atoms with van der Waals surface area (Å²) in [5, 5.41) is 10.8. The molecule has 1 heterocycles. The number of aliphatic hydroxyl groups excluding tert-OH is 1. The molecule has 0 amide bonds. The molecule has 6 nitrogen and oxygen atoms in total. The molecule has 1 aromatic carbocycles.